The molecule has 4 heteroatoms. The zero-order valence-corrected chi connectivity index (χ0v) is 9.51. The maximum absolute atomic E-state index is 10.9. The monoisotopic (exact) mass is 220 g/mol. The average Bonchev–Trinajstić information content (AvgIpc) is 2.80. The van der Waals surface area contributed by atoms with E-state index in [1.54, 1.807) is 12.1 Å². The van der Waals surface area contributed by atoms with Crippen LogP contribution in [-0.2, 0) is 0 Å². The van der Waals surface area contributed by atoms with Crippen molar-refractivity contribution in [2.75, 3.05) is 6.54 Å². The standard InChI is InChI=1S/C12H16N2O2/c1-12(2)9(7-13)11(12)8-5-3-4-6-10(8)14(15)16/h3-6,9,11H,7,13H2,1-2H3/t9-,11-/m0/s1. The molecule has 2 atom stereocenters. The van der Waals surface area contributed by atoms with Crippen molar-refractivity contribution in [1.82, 2.24) is 0 Å². The Balaban J connectivity index is 2.40. The minimum Gasteiger partial charge on any atom is -0.330 e. The molecule has 0 aliphatic heterocycles. The summed E-state index contributed by atoms with van der Waals surface area (Å²) in [6.07, 6.45) is 0. The Bertz CT molecular complexity index is 429. The highest BCUT2D eigenvalue weighted by Gasteiger charge is 2.58. The first-order chi connectivity index (χ1) is 7.50. The van der Waals surface area contributed by atoms with Crippen LogP contribution in [0.4, 0.5) is 5.69 Å². The van der Waals surface area contributed by atoms with Crippen LogP contribution in [0.1, 0.15) is 25.3 Å². The number of benzene rings is 1. The van der Waals surface area contributed by atoms with E-state index in [0.29, 0.717) is 12.5 Å². The summed E-state index contributed by atoms with van der Waals surface area (Å²) in [5.74, 6) is 0.577. The zero-order chi connectivity index (χ0) is 11.9. The molecule has 86 valence electrons. The molecule has 0 aromatic heterocycles. The fourth-order valence-corrected chi connectivity index (χ4v) is 2.72. The van der Waals surface area contributed by atoms with Gasteiger partial charge in [-0.05, 0) is 17.9 Å². The van der Waals surface area contributed by atoms with Crippen LogP contribution in [0.25, 0.3) is 0 Å². The van der Waals surface area contributed by atoms with E-state index in [1.165, 1.54) is 0 Å². The molecule has 0 heterocycles. The molecule has 1 saturated carbocycles. The first kappa shape index (κ1) is 11.1. The Morgan fingerprint density at radius 1 is 1.44 bits per heavy atom. The smallest absolute Gasteiger partial charge is 0.272 e. The quantitative estimate of drug-likeness (QED) is 0.627. The molecule has 0 spiro atoms. The largest absolute Gasteiger partial charge is 0.330 e. The number of nitro groups is 1. The van der Waals surface area contributed by atoms with Crippen LogP contribution in [0.3, 0.4) is 0 Å². The van der Waals surface area contributed by atoms with Crippen molar-refractivity contribution < 1.29 is 4.92 Å². The SMILES string of the molecule is CC1(C)[C@@H](CN)[C@@H]1c1ccccc1[N+](=O)[O-]. The van der Waals surface area contributed by atoms with E-state index >= 15 is 0 Å². The van der Waals surface area contributed by atoms with Crippen molar-refractivity contribution in [3.8, 4) is 0 Å². The summed E-state index contributed by atoms with van der Waals surface area (Å²) in [5.41, 5.74) is 6.82. The molecule has 2 rings (SSSR count). The lowest BCUT2D eigenvalue weighted by Crippen LogP contribution is -2.05. The summed E-state index contributed by atoms with van der Waals surface area (Å²) in [5, 5.41) is 10.9. The molecule has 16 heavy (non-hydrogen) atoms. The second-order valence-electron chi connectivity index (χ2n) is 4.96. The maximum atomic E-state index is 10.9. The number of hydrogen-bond donors (Lipinski definition) is 1. The molecule has 0 amide bonds. The van der Waals surface area contributed by atoms with Gasteiger partial charge in [0.15, 0.2) is 0 Å². The first-order valence-electron chi connectivity index (χ1n) is 5.43. The number of rotatable bonds is 3. The summed E-state index contributed by atoms with van der Waals surface area (Å²) in [6.45, 7) is 4.82. The molecule has 4 nitrogen and oxygen atoms in total. The van der Waals surface area contributed by atoms with Gasteiger partial charge in [-0.2, -0.15) is 0 Å². The van der Waals surface area contributed by atoms with Crippen molar-refractivity contribution in [3.05, 3.63) is 39.9 Å². The third-order valence-electron chi connectivity index (χ3n) is 3.77. The highest BCUT2D eigenvalue weighted by Crippen LogP contribution is 2.65. The molecule has 0 radical (unpaired) electrons. The normalized spacial score (nSPS) is 26.4. The fourth-order valence-electron chi connectivity index (χ4n) is 2.72. The van der Waals surface area contributed by atoms with Crippen molar-refractivity contribution in [2.24, 2.45) is 17.1 Å². The van der Waals surface area contributed by atoms with Crippen LogP contribution < -0.4 is 5.73 Å². The lowest BCUT2D eigenvalue weighted by atomic mass is 10.0. The average molecular weight is 220 g/mol. The molecule has 1 aromatic rings. The van der Waals surface area contributed by atoms with E-state index in [0.717, 1.165) is 5.56 Å². The molecular weight excluding hydrogens is 204 g/mol. The summed E-state index contributed by atoms with van der Waals surface area (Å²) >= 11 is 0. The van der Waals surface area contributed by atoms with Gasteiger partial charge in [-0.3, -0.25) is 10.1 Å². The lowest BCUT2D eigenvalue weighted by molar-refractivity contribution is -0.385. The van der Waals surface area contributed by atoms with Gasteiger partial charge < -0.3 is 5.73 Å². The van der Waals surface area contributed by atoms with Crippen LogP contribution >= 0.6 is 0 Å². The summed E-state index contributed by atoms with van der Waals surface area (Å²) < 4.78 is 0. The molecule has 0 bridgehead atoms. The van der Waals surface area contributed by atoms with Crippen LogP contribution in [0, 0.1) is 21.4 Å². The zero-order valence-electron chi connectivity index (χ0n) is 9.51. The number of hydrogen-bond acceptors (Lipinski definition) is 3. The molecule has 0 saturated heterocycles. The minimum atomic E-state index is -0.308. The van der Waals surface area contributed by atoms with Crippen LogP contribution in [0.2, 0.25) is 0 Å². The van der Waals surface area contributed by atoms with Gasteiger partial charge in [0.1, 0.15) is 0 Å². The number of nitrogens with zero attached hydrogens (tertiary/aromatic N) is 1. The van der Waals surface area contributed by atoms with Gasteiger partial charge in [0.2, 0.25) is 0 Å². The third-order valence-corrected chi connectivity index (χ3v) is 3.77. The highest BCUT2D eigenvalue weighted by molar-refractivity contribution is 5.47. The predicted octanol–water partition coefficient (Wildman–Crippen LogP) is 2.29. The van der Waals surface area contributed by atoms with E-state index in [-0.39, 0.29) is 21.9 Å². The summed E-state index contributed by atoms with van der Waals surface area (Å²) in [7, 11) is 0. The molecule has 1 fully saturated rings. The number of nitro benzene ring substituents is 1. The topological polar surface area (TPSA) is 69.2 Å². The van der Waals surface area contributed by atoms with E-state index in [9.17, 15) is 10.1 Å². The van der Waals surface area contributed by atoms with Gasteiger partial charge in [-0.25, -0.2) is 0 Å². The van der Waals surface area contributed by atoms with Crippen molar-refractivity contribution >= 4 is 5.69 Å². The number of para-hydroxylation sites is 1. The Labute approximate surface area is 94.6 Å². The van der Waals surface area contributed by atoms with E-state index < -0.39 is 0 Å². The molecule has 1 aliphatic carbocycles. The highest BCUT2D eigenvalue weighted by atomic mass is 16.6. The van der Waals surface area contributed by atoms with Crippen molar-refractivity contribution in [1.29, 1.82) is 0 Å². The van der Waals surface area contributed by atoms with Crippen LogP contribution in [0.15, 0.2) is 24.3 Å². The molecule has 1 aromatic carbocycles. The predicted molar refractivity (Wildman–Crippen MR) is 62.2 cm³/mol. The van der Waals surface area contributed by atoms with Crippen LogP contribution in [0.5, 0.6) is 0 Å². The van der Waals surface area contributed by atoms with Gasteiger partial charge >= 0.3 is 0 Å². The fraction of sp³-hybridized carbons (Fsp3) is 0.500. The van der Waals surface area contributed by atoms with E-state index in [2.05, 4.69) is 13.8 Å². The maximum Gasteiger partial charge on any atom is 0.272 e. The van der Waals surface area contributed by atoms with E-state index in [1.807, 2.05) is 12.1 Å². The van der Waals surface area contributed by atoms with Gasteiger partial charge in [0.05, 0.1) is 4.92 Å². The Morgan fingerprint density at radius 3 is 2.56 bits per heavy atom. The van der Waals surface area contributed by atoms with Gasteiger partial charge in [-0.1, -0.05) is 32.0 Å². The van der Waals surface area contributed by atoms with Crippen molar-refractivity contribution in [2.45, 2.75) is 19.8 Å². The summed E-state index contributed by atoms with van der Waals surface area (Å²) in [4.78, 5) is 10.6. The van der Waals surface area contributed by atoms with Gasteiger partial charge in [-0.15, -0.1) is 0 Å². The Morgan fingerprint density at radius 2 is 2.06 bits per heavy atom. The molecule has 0 unspecified atom stereocenters. The van der Waals surface area contributed by atoms with Gasteiger partial charge in [0.25, 0.3) is 5.69 Å². The lowest BCUT2D eigenvalue weighted by Gasteiger charge is -2.03. The second kappa shape index (κ2) is 3.56. The number of nitrogens with two attached hydrogens (primary N) is 1. The molecular formula is C12H16N2O2. The van der Waals surface area contributed by atoms with Crippen molar-refractivity contribution in [3.63, 3.8) is 0 Å². The minimum absolute atomic E-state index is 0.0842. The van der Waals surface area contributed by atoms with Gasteiger partial charge in [0, 0.05) is 17.5 Å². The summed E-state index contributed by atoms with van der Waals surface area (Å²) in [6, 6.07) is 6.97. The molecule has 1 aliphatic rings. The Kier molecular flexibility index (Phi) is 2.46. The second-order valence-corrected chi connectivity index (χ2v) is 4.96. The third kappa shape index (κ3) is 1.50. The molecule has 2 N–H and O–H groups in total. The Hall–Kier alpha value is -1.42. The van der Waals surface area contributed by atoms with Crippen LogP contribution in [-0.4, -0.2) is 11.5 Å². The van der Waals surface area contributed by atoms with E-state index in [4.69, 9.17) is 5.73 Å². The first-order valence-corrected chi connectivity index (χ1v) is 5.43.